The van der Waals surface area contributed by atoms with Gasteiger partial charge in [-0.3, -0.25) is 4.79 Å². The molecule has 1 saturated carbocycles. The summed E-state index contributed by atoms with van der Waals surface area (Å²) in [6.45, 7) is 5.40. The maximum atomic E-state index is 12.7. The Morgan fingerprint density at radius 1 is 0.833 bits per heavy atom. The molecule has 2 aliphatic rings. The van der Waals surface area contributed by atoms with Crippen molar-refractivity contribution in [1.29, 1.82) is 0 Å². The number of rotatable bonds is 5. The Labute approximate surface area is 180 Å². The first-order chi connectivity index (χ1) is 14.2. The van der Waals surface area contributed by atoms with Gasteiger partial charge in [-0.2, -0.15) is 0 Å². The summed E-state index contributed by atoms with van der Waals surface area (Å²) < 4.78 is 24.3. The zero-order valence-electron chi connectivity index (χ0n) is 18.3. The van der Waals surface area contributed by atoms with E-state index in [9.17, 15) is 13.2 Å². The molecular formula is C26H32O3S. The van der Waals surface area contributed by atoms with Crippen molar-refractivity contribution in [3.05, 3.63) is 59.2 Å². The molecule has 0 radical (unpaired) electrons. The van der Waals surface area contributed by atoms with Crippen LogP contribution >= 0.6 is 0 Å². The van der Waals surface area contributed by atoms with Gasteiger partial charge in [0.1, 0.15) is 0 Å². The number of aryl methyl sites for hydroxylation is 1. The summed E-state index contributed by atoms with van der Waals surface area (Å²) in [4.78, 5) is 12.7. The highest BCUT2D eigenvalue weighted by Crippen LogP contribution is 2.38. The first-order valence-corrected chi connectivity index (χ1v) is 12.8. The first-order valence-electron chi connectivity index (χ1n) is 11.1. The van der Waals surface area contributed by atoms with Gasteiger partial charge in [0.25, 0.3) is 0 Å². The average molecular weight is 425 g/mol. The fraction of sp³-hybridized carbons (Fsp3) is 0.500. The lowest BCUT2D eigenvalue weighted by atomic mass is 9.80. The Bertz CT molecular complexity index is 1050. The number of sulfone groups is 1. The van der Waals surface area contributed by atoms with Crippen molar-refractivity contribution in [3.63, 3.8) is 0 Å². The second kappa shape index (κ2) is 7.96. The largest absolute Gasteiger partial charge is 0.289 e. The minimum Gasteiger partial charge on any atom is -0.289 e. The molecule has 4 heteroatoms. The van der Waals surface area contributed by atoms with E-state index in [1.54, 1.807) is 20.8 Å². The van der Waals surface area contributed by atoms with Crippen LogP contribution in [-0.2, 0) is 16.3 Å². The average Bonchev–Trinajstić information content (AvgIpc) is 2.99. The number of fused-ring (bicyclic) bond motifs is 3. The van der Waals surface area contributed by atoms with Crippen LogP contribution in [0, 0.1) is 11.8 Å². The number of ketones is 1. The molecule has 0 N–H and O–H groups in total. The Balaban J connectivity index is 1.33. The van der Waals surface area contributed by atoms with Gasteiger partial charge in [0.15, 0.2) is 15.6 Å². The highest BCUT2D eigenvalue weighted by molar-refractivity contribution is 7.92. The van der Waals surface area contributed by atoms with Gasteiger partial charge in [-0.15, -0.1) is 0 Å². The Hall–Kier alpha value is -1.94. The van der Waals surface area contributed by atoms with Crippen LogP contribution in [0.2, 0.25) is 0 Å². The van der Waals surface area contributed by atoms with Crippen molar-refractivity contribution in [2.45, 2.75) is 64.0 Å². The standard InChI is InChI=1S/C26H32O3S/c1-26(2,3)30(28,29)17-20-12-9-18(10-13-20)8-11-19-14-15-22-21-6-4-5-7-23(21)25(27)24(22)16-19/h4-7,14-16,18,20H,8-13,17H2,1-3H3. The van der Waals surface area contributed by atoms with Crippen molar-refractivity contribution in [2.75, 3.05) is 5.75 Å². The summed E-state index contributed by atoms with van der Waals surface area (Å²) >= 11 is 0. The van der Waals surface area contributed by atoms with Crippen LogP contribution in [0.25, 0.3) is 11.1 Å². The monoisotopic (exact) mass is 424 g/mol. The minimum absolute atomic E-state index is 0.142. The van der Waals surface area contributed by atoms with Crippen LogP contribution in [0.3, 0.4) is 0 Å². The summed E-state index contributed by atoms with van der Waals surface area (Å²) in [5.74, 6) is 1.43. The molecule has 0 spiro atoms. The normalized spacial score (nSPS) is 21.4. The molecule has 0 aromatic heterocycles. The molecule has 2 aromatic carbocycles. The molecule has 0 unspecified atom stereocenters. The zero-order valence-corrected chi connectivity index (χ0v) is 19.1. The van der Waals surface area contributed by atoms with Gasteiger partial charge in [-0.25, -0.2) is 8.42 Å². The van der Waals surface area contributed by atoms with Crippen molar-refractivity contribution in [3.8, 4) is 11.1 Å². The van der Waals surface area contributed by atoms with Crippen LogP contribution in [0.5, 0.6) is 0 Å². The van der Waals surface area contributed by atoms with E-state index in [0.29, 0.717) is 17.6 Å². The van der Waals surface area contributed by atoms with Gasteiger partial charge in [-0.05, 0) is 81.0 Å². The van der Waals surface area contributed by atoms with Gasteiger partial charge < -0.3 is 0 Å². The number of hydrogen-bond acceptors (Lipinski definition) is 3. The number of carbonyl (C=O) groups excluding carboxylic acids is 1. The smallest absolute Gasteiger partial charge is 0.194 e. The maximum Gasteiger partial charge on any atom is 0.194 e. The molecule has 1 fully saturated rings. The quantitative estimate of drug-likeness (QED) is 0.516. The molecule has 0 heterocycles. The lowest BCUT2D eigenvalue weighted by Crippen LogP contribution is -2.34. The molecule has 30 heavy (non-hydrogen) atoms. The maximum absolute atomic E-state index is 12.7. The van der Waals surface area contributed by atoms with Crippen LogP contribution in [0.4, 0.5) is 0 Å². The van der Waals surface area contributed by atoms with E-state index in [4.69, 9.17) is 0 Å². The van der Waals surface area contributed by atoms with Gasteiger partial charge in [0.05, 0.1) is 10.5 Å². The third-order valence-corrected chi connectivity index (χ3v) is 9.76. The van der Waals surface area contributed by atoms with Gasteiger partial charge in [-0.1, -0.05) is 49.2 Å². The lowest BCUT2D eigenvalue weighted by molar-refractivity contribution is 0.104. The molecule has 0 saturated heterocycles. The zero-order chi connectivity index (χ0) is 21.5. The Morgan fingerprint density at radius 2 is 1.43 bits per heavy atom. The van der Waals surface area contributed by atoms with E-state index < -0.39 is 14.6 Å². The number of benzene rings is 2. The van der Waals surface area contributed by atoms with E-state index in [-0.39, 0.29) is 5.78 Å². The van der Waals surface area contributed by atoms with E-state index in [2.05, 4.69) is 18.2 Å². The molecule has 4 rings (SSSR count). The predicted molar refractivity (Wildman–Crippen MR) is 123 cm³/mol. The molecule has 3 nitrogen and oxygen atoms in total. The molecule has 0 aliphatic heterocycles. The molecule has 2 aromatic rings. The molecule has 160 valence electrons. The molecule has 0 bridgehead atoms. The van der Waals surface area contributed by atoms with Gasteiger partial charge in [0, 0.05) is 11.1 Å². The lowest BCUT2D eigenvalue weighted by Gasteiger charge is -2.30. The SMILES string of the molecule is CC(C)(C)S(=O)(=O)CC1CCC(CCc2ccc3c(c2)C(=O)c2ccccc2-3)CC1. The fourth-order valence-corrected chi connectivity index (χ4v) is 6.30. The van der Waals surface area contributed by atoms with Crippen molar-refractivity contribution in [1.82, 2.24) is 0 Å². The van der Waals surface area contributed by atoms with Gasteiger partial charge in [0.2, 0.25) is 0 Å². The van der Waals surface area contributed by atoms with Crippen LogP contribution < -0.4 is 0 Å². The highest BCUT2D eigenvalue weighted by Gasteiger charge is 2.33. The van der Waals surface area contributed by atoms with Crippen molar-refractivity contribution >= 4 is 15.6 Å². The van der Waals surface area contributed by atoms with E-state index in [1.807, 2.05) is 24.3 Å². The van der Waals surface area contributed by atoms with E-state index in [0.717, 1.165) is 60.8 Å². The molecule has 0 atom stereocenters. The second-order valence-corrected chi connectivity index (χ2v) is 12.9. The Morgan fingerprint density at radius 3 is 2.10 bits per heavy atom. The molecule has 2 aliphatic carbocycles. The van der Waals surface area contributed by atoms with Crippen LogP contribution in [0.1, 0.15) is 74.4 Å². The second-order valence-electron chi connectivity index (χ2n) is 10.1. The highest BCUT2D eigenvalue weighted by atomic mass is 32.2. The fourth-order valence-electron chi connectivity index (χ4n) is 4.85. The van der Waals surface area contributed by atoms with E-state index >= 15 is 0 Å². The third-order valence-electron chi connectivity index (χ3n) is 6.99. The topological polar surface area (TPSA) is 51.2 Å². The summed E-state index contributed by atoms with van der Waals surface area (Å²) in [7, 11) is -3.04. The summed E-state index contributed by atoms with van der Waals surface area (Å²) in [6.07, 6.45) is 6.33. The number of hydrogen-bond donors (Lipinski definition) is 0. The van der Waals surface area contributed by atoms with Crippen LogP contribution in [-0.4, -0.2) is 24.7 Å². The summed E-state index contributed by atoms with van der Waals surface area (Å²) in [6, 6.07) is 14.2. The predicted octanol–water partition coefficient (Wildman–Crippen LogP) is 5.85. The van der Waals surface area contributed by atoms with Crippen molar-refractivity contribution < 1.29 is 13.2 Å². The summed E-state index contributed by atoms with van der Waals surface area (Å²) in [5.41, 5.74) is 4.98. The van der Waals surface area contributed by atoms with E-state index in [1.165, 1.54) is 5.56 Å². The third kappa shape index (κ3) is 4.12. The minimum atomic E-state index is -3.04. The number of carbonyl (C=O) groups is 1. The Kier molecular flexibility index (Phi) is 5.65. The van der Waals surface area contributed by atoms with Gasteiger partial charge >= 0.3 is 0 Å². The first kappa shape index (κ1) is 21.3. The summed E-state index contributed by atoms with van der Waals surface area (Å²) in [5, 5.41) is 0. The van der Waals surface area contributed by atoms with Crippen molar-refractivity contribution in [2.24, 2.45) is 11.8 Å². The van der Waals surface area contributed by atoms with Crippen LogP contribution in [0.15, 0.2) is 42.5 Å². The molecular weight excluding hydrogens is 392 g/mol. The molecule has 0 amide bonds.